The van der Waals surface area contributed by atoms with Gasteiger partial charge in [0, 0.05) is 29.7 Å². The quantitative estimate of drug-likeness (QED) is 0.276. The van der Waals surface area contributed by atoms with Gasteiger partial charge in [0.2, 0.25) is 0 Å². The smallest absolute Gasteiger partial charge is 0.418 e. The van der Waals surface area contributed by atoms with Crippen molar-refractivity contribution in [2.75, 3.05) is 25.5 Å². The van der Waals surface area contributed by atoms with Crippen LogP contribution in [0.4, 0.5) is 24.7 Å². The number of hydrogen-bond donors (Lipinski definition) is 2. The molecule has 0 aliphatic carbocycles. The van der Waals surface area contributed by atoms with Crippen LogP contribution in [-0.2, 0) is 11.6 Å². The Hall–Kier alpha value is -3.79. The second-order valence-corrected chi connectivity index (χ2v) is 9.60. The summed E-state index contributed by atoms with van der Waals surface area (Å²) in [5, 5.41) is 6.37. The van der Waals surface area contributed by atoms with Crippen molar-refractivity contribution in [2.45, 2.75) is 38.8 Å². The van der Waals surface area contributed by atoms with Crippen molar-refractivity contribution < 1.29 is 17.9 Å². The summed E-state index contributed by atoms with van der Waals surface area (Å²) in [5.41, 5.74) is 1.71. The van der Waals surface area contributed by atoms with Gasteiger partial charge in [-0.05, 0) is 55.3 Å². The minimum Gasteiger partial charge on any atom is -0.493 e. The molecule has 2 N–H and O–H groups in total. The number of nitrogens with zero attached hydrogens (tertiary/aromatic N) is 4. The second-order valence-electron chi connectivity index (χ2n) is 9.60. The summed E-state index contributed by atoms with van der Waals surface area (Å²) in [7, 11) is 1.90. The number of aromatic nitrogens is 4. The van der Waals surface area contributed by atoms with Crippen LogP contribution in [0.25, 0.3) is 22.3 Å². The maximum atomic E-state index is 13.5. The highest BCUT2D eigenvalue weighted by Crippen LogP contribution is 2.37. The molecule has 0 atom stereocenters. The summed E-state index contributed by atoms with van der Waals surface area (Å²) in [6, 6.07) is 9.67. The molecule has 10 heteroatoms. The fourth-order valence-electron chi connectivity index (χ4n) is 3.94. The normalized spacial score (nSPS) is 12.1. The van der Waals surface area contributed by atoms with E-state index in [1.165, 1.54) is 30.9 Å². The number of halogens is 3. The van der Waals surface area contributed by atoms with Crippen LogP contribution < -0.4 is 15.4 Å². The molecule has 0 unspecified atom stereocenters. The molecule has 0 saturated heterocycles. The highest BCUT2D eigenvalue weighted by Gasteiger charge is 2.34. The van der Waals surface area contributed by atoms with Crippen molar-refractivity contribution in [3.63, 3.8) is 0 Å². The Morgan fingerprint density at radius 1 is 0.946 bits per heavy atom. The van der Waals surface area contributed by atoms with Crippen LogP contribution in [0.15, 0.2) is 55.1 Å². The molecule has 194 valence electrons. The van der Waals surface area contributed by atoms with Gasteiger partial charge in [0.25, 0.3) is 0 Å². The minimum absolute atomic E-state index is 0.114. The van der Waals surface area contributed by atoms with E-state index in [1.54, 1.807) is 0 Å². The molecule has 0 aliphatic heterocycles. The number of fused-ring (bicyclic) bond motifs is 1. The van der Waals surface area contributed by atoms with Crippen molar-refractivity contribution in [2.24, 2.45) is 0 Å². The summed E-state index contributed by atoms with van der Waals surface area (Å²) in [5.74, 6) is 1.20. The number of alkyl halides is 3. The highest BCUT2D eigenvalue weighted by atomic mass is 19.4. The molecule has 0 spiro atoms. The van der Waals surface area contributed by atoms with Gasteiger partial charge >= 0.3 is 6.18 Å². The largest absolute Gasteiger partial charge is 0.493 e. The Bertz CT molecular complexity index is 1380. The second kappa shape index (κ2) is 10.7. The third-order valence-electron chi connectivity index (χ3n) is 5.74. The van der Waals surface area contributed by atoms with E-state index < -0.39 is 11.7 Å². The lowest BCUT2D eigenvalue weighted by Gasteiger charge is -2.24. The van der Waals surface area contributed by atoms with Crippen LogP contribution in [-0.4, -0.2) is 40.1 Å². The van der Waals surface area contributed by atoms with Crippen molar-refractivity contribution in [3.05, 3.63) is 66.2 Å². The molecule has 1 aromatic carbocycles. The third-order valence-corrected chi connectivity index (χ3v) is 5.74. The number of hydrogen-bond acceptors (Lipinski definition) is 7. The van der Waals surface area contributed by atoms with E-state index in [9.17, 15) is 13.2 Å². The topological polar surface area (TPSA) is 84.9 Å². The molecule has 4 aromatic rings. The first-order valence-corrected chi connectivity index (χ1v) is 11.9. The van der Waals surface area contributed by atoms with E-state index in [-0.39, 0.29) is 16.7 Å². The number of anilines is 2. The Kier molecular flexibility index (Phi) is 7.58. The van der Waals surface area contributed by atoms with E-state index in [4.69, 9.17) is 4.74 Å². The van der Waals surface area contributed by atoms with E-state index in [2.05, 4.69) is 51.3 Å². The van der Waals surface area contributed by atoms with Crippen LogP contribution in [0.3, 0.4) is 0 Å². The van der Waals surface area contributed by atoms with Gasteiger partial charge in [-0.15, -0.1) is 0 Å². The lowest BCUT2D eigenvalue weighted by Crippen LogP contribution is -2.16. The predicted molar refractivity (Wildman–Crippen MR) is 138 cm³/mol. The number of ether oxygens (including phenoxy) is 1. The molecule has 3 aromatic heterocycles. The lowest BCUT2D eigenvalue weighted by molar-refractivity contribution is -0.137. The van der Waals surface area contributed by atoms with Crippen LogP contribution in [0, 0.1) is 0 Å². The highest BCUT2D eigenvalue weighted by molar-refractivity contribution is 5.89. The molecule has 0 amide bonds. The average molecular weight is 511 g/mol. The first-order chi connectivity index (χ1) is 17.6. The van der Waals surface area contributed by atoms with Crippen LogP contribution in [0.5, 0.6) is 5.75 Å². The zero-order chi connectivity index (χ0) is 26.6. The number of rotatable bonds is 8. The summed E-state index contributed by atoms with van der Waals surface area (Å²) >= 11 is 0. The monoisotopic (exact) mass is 510 g/mol. The SMILES string of the molecule is CNCCCOc1cc(Nc2ncnc3cc(-c4ncccc4C(F)(F)F)cnc23)ccc1C(C)(C)C. The standard InChI is InChI=1S/C27H29F3N6O/c1-26(2,3)19-9-8-18(14-22(19)37-12-6-10-31-4)36-25-24-21(34-16-35-25)13-17(15-33-24)23-20(27(28,29)30)7-5-11-32-23/h5,7-9,11,13-16,31H,6,10,12H2,1-4H3,(H,34,35,36). The Labute approximate surface area is 213 Å². The number of pyridine rings is 2. The Morgan fingerprint density at radius 3 is 2.49 bits per heavy atom. The molecular formula is C27H29F3N6O. The first-order valence-electron chi connectivity index (χ1n) is 11.9. The minimum atomic E-state index is -4.54. The lowest BCUT2D eigenvalue weighted by atomic mass is 9.86. The maximum absolute atomic E-state index is 13.5. The van der Waals surface area contributed by atoms with Gasteiger partial charge in [0.15, 0.2) is 5.82 Å². The van der Waals surface area contributed by atoms with E-state index in [1.807, 2.05) is 25.2 Å². The molecule has 0 aliphatic rings. The summed E-state index contributed by atoms with van der Waals surface area (Å²) in [6.45, 7) is 7.80. The first kappa shape index (κ1) is 26.3. The molecule has 0 saturated carbocycles. The average Bonchev–Trinajstić information content (AvgIpc) is 2.85. The molecule has 0 radical (unpaired) electrons. The third kappa shape index (κ3) is 6.14. The molecule has 0 bridgehead atoms. The molecule has 0 fully saturated rings. The molecular weight excluding hydrogens is 481 g/mol. The van der Waals surface area contributed by atoms with Crippen molar-refractivity contribution in [1.29, 1.82) is 0 Å². The molecule has 3 heterocycles. The van der Waals surface area contributed by atoms with Gasteiger partial charge in [0.05, 0.1) is 23.4 Å². The van der Waals surface area contributed by atoms with Gasteiger partial charge in [-0.25, -0.2) is 15.0 Å². The van der Waals surface area contributed by atoms with E-state index >= 15 is 0 Å². The molecule has 37 heavy (non-hydrogen) atoms. The van der Waals surface area contributed by atoms with Crippen molar-refractivity contribution in [1.82, 2.24) is 25.3 Å². The summed E-state index contributed by atoms with van der Waals surface area (Å²) < 4.78 is 46.6. The summed E-state index contributed by atoms with van der Waals surface area (Å²) in [4.78, 5) is 16.9. The number of nitrogens with one attached hydrogen (secondary N) is 2. The Morgan fingerprint density at radius 2 is 1.76 bits per heavy atom. The Balaban J connectivity index is 1.67. The zero-order valence-electron chi connectivity index (χ0n) is 21.1. The van der Waals surface area contributed by atoms with Crippen LogP contribution >= 0.6 is 0 Å². The fourth-order valence-corrected chi connectivity index (χ4v) is 3.94. The van der Waals surface area contributed by atoms with E-state index in [0.29, 0.717) is 23.5 Å². The zero-order valence-corrected chi connectivity index (χ0v) is 21.1. The van der Waals surface area contributed by atoms with Crippen molar-refractivity contribution in [3.8, 4) is 17.0 Å². The van der Waals surface area contributed by atoms with E-state index in [0.717, 1.165) is 36.0 Å². The molecule has 4 rings (SSSR count). The predicted octanol–water partition coefficient (Wildman–Crippen LogP) is 6.14. The molecule has 7 nitrogen and oxygen atoms in total. The van der Waals surface area contributed by atoms with Gasteiger partial charge in [-0.2, -0.15) is 13.2 Å². The number of benzene rings is 1. The van der Waals surface area contributed by atoms with Gasteiger partial charge in [0.1, 0.15) is 17.6 Å². The van der Waals surface area contributed by atoms with Gasteiger partial charge in [-0.1, -0.05) is 26.8 Å². The van der Waals surface area contributed by atoms with Gasteiger partial charge in [-0.3, -0.25) is 4.98 Å². The van der Waals surface area contributed by atoms with Crippen LogP contribution in [0.1, 0.15) is 38.3 Å². The van der Waals surface area contributed by atoms with Crippen LogP contribution in [0.2, 0.25) is 0 Å². The fraction of sp³-hybridized carbons (Fsp3) is 0.333. The van der Waals surface area contributed by atoms with Gasteiger partial charge < -0.3 is 15.4 Å². The van der Waals surface area contributed by atoms with Crippen molar-refractivity contribution >= 4 is 22.5 Å². The summed E-state index contributed by atoms with van der Waals surface area (Å²) in [6.07, 6.45) is 0.350. The maximum Gasteiger partial charge on any atom is 0.418 e.